The summed E-state index contributed by atoms with van der Waals surface area (Å²) in [5.74, 6) is 0.796. The predicted molar refractivity (Wildman–Crippen MR) is 72.5 cm³/mol. The van der Waals surface area contributed by atoms with Gasteiger partial charge in [-0.2, -0.15) is 0 Å². The van der Waals surface area contributed by atoms with Crippen LogP contribution in [0.25, 0.3) is 0 Å². The van der Waals surface area contributed by atoms with Crippen LogP contribution in [0.1, 0.15) is 52.4 Å². The maximum atomic E-state index is 11.4. The van der Waals surface area contributed by atoms with E-state index in [4.69, 9.17) is 0 Å². The Morgan fingerprint density at radius 3 is 2.78 bits per heavy atom. The fourth-order valence-corrected chi connectivity index (χ4v) is 3.85. The largest absolute Gasteiger partial charge is 0.481 e. The lowest BCUT2D eigenvalue weighted by molar-refractivity contribution is -0.146. The topological polar surface area (TPSA) is 40.5 Å². The van der Waals surface area contributed by atoms with Crippen molar-refractivity contribution in [2.75, 3.05) is 13.1 Å². The van der Waals surface area contributed by atoms with Crippen LogP contribution in [-0.4, -0.2) is 35.1 Å². The van der Waals surface area contributed by atoms with Gasteiger partial charge in [-0.15, -0.1) is 0 Å². The molecule has 0 aromatic heterocycles. The minimum absolute atomic E-state index is 0.124. The molecule has 1 saturated heterocycles. The number of hydrogen-bond acceptors (Lipinski definition) is 2. The van der Waals surface area contributed by atoms with Crippen molar-refractivity contribution in [1.29, 1.82) is 0 Å². The van der Waals surface area contributed by atoms with Gasteiger partial charge in [0.2, 0.25) is 0 Å². The van der Waals surface area contributed by atoms with E-state index in [9.17, 15) is 9.90 Å². The van der Waals surface area contributed by atoms with Crippen molar-refractivity contribution in [3.8, 4) is 0 Å². The van der Waals surface area contributed by atoms with Crippen molar-refractivity contribution in [2.45, 2.75) is 58.4 Å². The first-order valence-electron chi connectivity index (χ1n) is 7.58. The standard InChI is InChI=1S/C15H27NO2/c1-3-4-12-7-8-16(10-12)14-9-11(2)5-6-13(14)15(17)18/h11-14H,3-10H2,1-2H3,(H,17,18). The number of carboxylic acid groups (broad SMARTS) is 1. The summed E-state index contributed by atoms with van der Waals surface area (Å²) in [4.78, 5) is 13.9. The highest BCUT2D eigenvalue weighted by Gasteiger charge is 2.39. The zero-order valence-corrected chi connectivity index (χ0v) is 11.8. The average Bonchev–Trinajstić information content (AvgIpc) is 2.77. The van der Waals surface area contributed by atoms with Crippen LogP contribution in [0.4, 0.5) is 0 Å². The van der Waals surface area contributed by atoms with E-state index in [-0.39, 0.29) is 5.92 Å². The van der Waals surface area contributed by atoms with Crippen LogP contribution < -0.4 is 0 Å². The number of carbonyl (C=O) groups is 1. The first kappa shape index (κ1) is 13.9. The normalized spacial score (nSPS) is 37.9. The Morgan fingerprint density at radius 2 is 2.11 bits per heavy atom. The van der Waals surface area contributed by atoms with Crippen LogP contribution in [0.2, 0.25) is 0 Å². The van der Waals surface area contributed by atoms with Gasteiger partial charge in [0.25, 0.3) is 0 Å². The molecule has 0 aromatic carbocycles. The van der Waals surface area contributed by atoms with Gasteiger partial charge in [-0.1, -0.05) is 20.3 Å². The summed E-state index contributed by atoms with van der Waals surface area (Å²) in [6, 6.07) is 0.299. The number of likely N-dealkylation sites (tertiary alicyclic amines) is 1. The van der Waals surface area contributed by atoms with Crippen LogP contribution in [0, 0.1) is 17.8 Å². The van der Waals surface area contributed by atoms with Crippen LogP contribution in [0.15, 0.2) is 0 Å². The molecule has 4 unspecified atom stereocenters. The molecule has 1 aliphatic carbocycles. The first-order chi connectivity index (χ1) is 8.61. The fourth-order valence-electron chi connectivity index (χ4n) is 3.85. The molecule has 104 valence electrons. The molecule has 2 aliphatic rings. The summed E-state index contributed by atoms with van der Waals surface area (Å²) in [5.41, 5.74) is 0. The zero-order valence-electron chi connectivity index (χ0n) is 11.8. The molecule has 3 nitrogen and oxygen atoms in total. The summed E-state index contributed by atoms with van der Waals surface area (Å²) < 4.78 is 0. The summed E-state index contributed by atoms with van der Waals surface area (Å²) >= 11 is 0. The lowest BCUT2D eigenvalue weighted by Gasteiger charge is -2.38. The SMILES string of the molecule is CCCC1CCN(C2CC(C)CCC2C(=O)O)C1. The van der Waals surface area contributed by atoms with Gasteiger partial charge < -0.3 is 5.11 Å². The van der Waals surface area contributed by atoms with E-state index in [1.165, 1.54) is 19.3 Å². The third-order valence-corrected chi connectivity index (χ3v) is 4.88. The Labute approximate surface area is 111 Å². The quantitative estimate of drug-likeness (QED) is 0.837. The van der Waals surface area contributed by atoms with Gasteiger partial charge in [0, 0.05) is 12.6 Å². The van der Waals surface area contributed by atoms with Crippen LogP contribution in [0.3, 0.4) is 0 Å². The van der Waals surface area contributed by atoms with Gasteiger partial charge >= 0.3 is 5.97 Å². The van der Waals surface area contributed by atoms with Gasteiger partial charge in [0.1, 0.15) is 0 Å². The summed E-state index contributed by atoms with van der Waals surface area (Å²) in [5, 5.41) is 9.40. The molecular weight excluding hydrogens is 226 g/mol. The van der Waals surface area contributed by atoms with Crippen molar-refractivity contribution in [1.82, 2.24) is 4.90 Å². The average molecular weight is 253 g/mol. The van der Waals surface area contributed by atoms with E-state index < -0.39 is 5.97 Å². The maximum Gasteiger partial charge on any atom is 0.308 e. The Kier molecular flexibility index (Phi) is 4.66. The molecule has 0 bridgehead atoms. The second-order valence-corrected chi connectivity index (χ2v) is 6.37. The maximum absolute atomic E-state index is 11.4. The van der Waals surface area contributed by atoms with Gasteiger partial charge in [0.05, 0.1) is 5.92 Å². The minimum atomic E-state index is -0.578. The zero-order chi connectivity index (χ0) is 13.1. The molecule has 1 saturated carbocycles. The van der Waals surface area contributed by atoms with Crippen LogP contribution in [-0.2, 0) is 4.79 Å². The highest BCUT2D eigenvalue weighted by molar-refractivity contribution is 5.71. The number of hydrogen-bond donors (Lipinski definition) is 1. The number of rotatable bonds is 4. The van der Waals surface area contributed by atoms with Crippen LogP contribution in [0.5, 0.6) is 0 Å². The molecule has 1 N–H and O–H groups in total. The monoisotopic (exact) mass is 253 g/mol. The first-order valence-corrected chi connectivity index (χ1v) is 7.58. The number of carboxylic acids is 1. The third-order valence-electron chi connectivity index (χ3n) is 4.88. The molecule has 3 heteroatoms. The van der Waals surface area contributed by atoms with E-state index in [0.29, 0.717) is 12.0 Å². The van der Waals surface area contributed by atoms with Gasteiger partial charge in [-0.25, -0.2) is 0 Å². The molecule has 1 aliphatic heterocycles. The van der Waals surface area contributed by atoms with Crippen molar-refractivity contribution in [3.05, 3.63) is 0 Å². The third kappa shape index (κ3) is 3.05. The molecule has 0 aromatic rings. The molecular formula is C15H27NO2. The Balaban J connectivity index is 1.98. The number of nitrogens with zero attached hydrogens (tertiary/aromatic N) is 1. The Bertz CT molecular complexity index is 292. The molecule has 0 spiro atoms. The molecule has 4 atom stereocenters. The second kappa shape index (κ2) is 6.05. The van der Waals surface area contributed by atoms with Gasteiger partial charge in [-0.3, -0.25) is 9.69 Å². The van der Waals surface area contributed by atoms with Crippen molar-refractivity contribution >= 4 is 5.97 Å². The minimum Gasteiger partial charge on any atom is -0.481 e. The second-order valence-electron chi connectivity index (χ2n) is 6.37. The summed E-state index contributed by atoms with van der Waals surface area (Å²) in [7, 11) is 0. The Hall–Kier alpha value is -0.570. The Morgan fingerprint density at radius 1 is 1.33 bits per heavy atom. The fraction of sp³-hybridized carbons (Fsp3) is 0.933. The molecule has 1 heterocycles. The lowest BCUT2D eigenvalue weighted by Crippen LogP contribution is -2.46. The highest BCUT2D eigenvalue weighted by atomic mass is 16.4. The van der Waals surface area contributed by atoms with Crippen molar-refractivity contribution in [2.24, 2.45) is 17.8 Å². The van der Waals surface area contributed by atoms with E-state index in [0.717, 1.165) is 38.3 Å². The van der Waals surface area contributed by atoms with Crippen molar-refractivity contribution in [3.63, 3.8) is 0 Å². The molecule has 0 radical (unpaired) electrons. The van der Waals surface area contributed by atoms with E-state index >= 15 is 0 Å². The molecule has 0 amide bonds. The van der Waals surface area contributed by atoms with Gasteiger partial charge in [0.15, 0.2) is 0 Å². The number of aliphatic carboxylic acids is 1. The molecule has 18 heavy (non-hydrogen) atoms. The van der Waals surface area contributed by atoms with Crippen LogP contribution >= 0.6 is 0 Å². The summed E-state index contributed by atoms with van der Waals surface area (Å²) in [6.07, 6.45) is 6.86. The smallest absolute Gasteiger partial charge is 0.308 e. The van der Waals surface area contributed by atoms with E-state index in [2.05, 4.69) is 18.7 Å². The van der Waals surface area contributed by atoms with Gasteiger partial charge in [-0.05, 0) is 50.5 Å². The highest BCUT2D eigenvalue weighted by Crippen LogP contribution is 2.35. The molecule has 2 fully saturated rings. The summed E-state index contributed by atoms with van der Waals surface area (Å²) in [6.45, 7) is 6.76. The van der Waals surface area contributed by atoms with Crippen molar-refractivity contribution < 1.29 is 9.90 Å². The predicted octanol–water partition coefficient (Wildman–Crippen LogP) is 3.00. The van der Waals surface area contributed by atoms with E-state index in [1.54, 1.807) is 0 Å². The molecule has 2 rings (SSSR count). The van der Waals surface area contributed by atoms with E-state index in [1.807, 2.05) is 0 Å². The lowest BCUT2D eigenvalue weighted by atomic mass is 9.78.